The number of esters is 2. The van der Waals surface area contributed by atoms with Crippen molar-refractivity contribution in [1.82, 2.24) is 10.6 Å². The molecule has 8 heteroatoms. The molecule has 0 rings (SSSR count). The van der Waals surface area contributed by atoms with E-state index in [0.29, 0.717) is 32.7 Å². The van der Waals surface area contributed by atoms with Crippen molar-refractivity contribution in [3.8, 4) is 0 Å². The summed E-state index contributed by atoms with van der Waals surface area (Å²) in [5.41, 5.74) is 0. The standard InChI is InChI=1S/C19H30N2O6/c1-3-5-14-26-18(24)10-8-16(22)20-12-7-13-21-17(23)9-11-19(25)27-15-6-4-2/h8-11H,3-7,12-15H2,1-2H3,(H,20,22)(H,21,23)/b10-8+,11-9+. The lowest BCUT2D eigenvalue weighted by Crippen LogP contribution is -2.28. The number of hydrogen-bond donors (Lipinski definition) is 2. The van der Waals surface area contributed by atoms with Gasteiger partial charge in [-0.15, -0.1) is 0 Å². The van der Waals surface area contributed by atoms with Crippen molar-refractivity contribution in [2.24, 2.45) is 0 Å². The molecule has 0 saturated carbocycles. The third-order valence-electron chi connectivity index (χ3n) is 3.18. The van der Waals surface area contributed by atoms with Crippen LogP contribution in [-0.4, -0.2) is 50.1 Å². The van der Waals surface area contributed by atoms with E-state index in [4.69, 9.17) is 9.47 Å². The minimum atomic E-state index is -0.550. The first-order valence-corrected chi connectivity index (χ1v) is 9.24. The first-order valence-electron chi connectivity index (χ1n) is 9.24. The van der Waals surface area contributed by atoms with Crippen molar-refractivity contribution in [1.29, 1.82) is 0 Å². The second-order valence-electron chi connectivity index (χ2n) is 5.64. The van der Waals surface area contributed by atoms with E-state index in [1.807, 2.05) is 13.8 Å². The van der Waals surface area contributed by atoms with Crippen molar-refractivity contribution < 1.29 is 28.7 Å². The summed E-state index contributed by atoms with van der Waals surface area (Å²) in [6.07, 6.45) is 8.30. The van der Waals surface area contributed by atoms with Gasteiger partial charge in [-0.2, -0.15) is 0 Å². The van der Waals surface area contributed by atoms with Gasteiger partial charge in [-0.1, -0.05) is 26.7 Å². The molecule has 8 nitrogen and oxygen atoms in total. The van der Waals surface area contributed by atoms with Crippen molar-refractivity contribution in [2.45, 2.75) is 46.0 Å². The maximum Gasteiger partial charge on any atom is 0.330 e. The molecule has 0 bridgehead atoms. The summed E-state index contributed by atoms with van der Waals surface area (Å²) in [5.74, 6) is -1.93. The Morgan fingerprint density at radius 1 is 0.667 bits per heavy atom. The fourth-order valence-corrected chi connectivity index (χ4v) is 1.65. The molecular formula is C19H30N2O6. The minimum Gasteiger partial charge on any atom is -0.463 e. The summed E-state index contributed by atoms with van der Waals surface area (Å²) in [5, 5.41) is 5.16. The Morgan fingerprint density at radius 2 is 1.07 bits per heavy atom. The molecule has 0 unspecified atom stereocenters. The van der Waals surface area contributed by atoms with E-state index in [0.717, 1.165) is 50.0 Å². The molecule has 0 aromatic heterocycles. The predicted molar refractivity (Wildman–Crippen MR) is 101 cm³/mol. The first kappa shape index (κ1) is 24.4. The van der Waals surface area contributed by atoms with Crippen LogP contribution in [0.5, 0.6) is 0 Å². The normalized spacial score (nSPS) is 10.7. The molecule has 0 aliphatic rings. The lowest BCUT2D eigenvalue weighted by Gasteiger charge is -2.04. The lowest BCUT2D eigenvalue weighted by molar-refractivity contribution is -0.138. The molecule has 0 saturated heterocycles. The maximum absolute atomic E-state index is 11.5. The molecule has 0 heterocycles. The summed E-state index contributed by atoms with van der Waals surface area (Å²) in [6.45, 7) is 5.31. The summed E-state index contributed by atoms with van der Waals surface area (Å²) in [7, 11) is 0. The predicted octanol–water partition coefficient (Wildman–Crippen LogP) is 1.41. The highest BCUT2D eigenvalue weighted by Gasteiger charge is 2.01. The molecule has 0 fully saturated rings. The van der Waals surface area contributed by atoms with Crippen molar-refractivity contribution >= 4 is 23.8 Å². The summed E-state index contributed by atoms with van der Waals surface area (Å²) < 4.78 is 9.75. The second-order valence-corrected chi connectivity index (χ2v) is 5.64. The van der Waals surface area contributed by atoms with Crippen molar-refractivity contribution in [3.63, 3.8) is 0 Å². The van der Waals surface area contributed by atoms with Crippen LogP contribution in [0, 0.1) is 0 Å². The van der Waals surface area contributed by atoms with Gasteiger partial charge in [-0.3, -0.25) is 9.59 Å². The van der Waals surface area contributed by atoms with Crippen LogP contribution in [0.15, 0.2) is 24.3 Å². The fourth-order valence-electron chi connectivity index (χ4n) is 1.65. The average molecular weight is 382 g/mol. The van der Waals surface area contributed by atoms with Gasteiger partial charge < -0.3 is 20.1 Å². The van der Waals surface area contributed by atoms with E-state index in [9.17, 15) is 19.2 Å². The monoisotopic (exact) mass is 382 g/mol. The molecule has 0 spiro atoms. The van der Waals surface area contributed by atoms with Gasteiger partial charge in [0.1, 0.15) is 0 Å². The fraction of sp³-hybridized carbons (Fsp3) is 0.579. The number of unbranched alkanes of at least 4 members (excludes halogenated alkanes) is 2. The van der Waals surface area contributed by atoms with E-state index >= 15 is 0 Å². The molecular weight excluding hydrogens is 352 g/mol. The summed E-state index contributed by atoms with van der Waals surface area (Å²) >= 11 is 0. The Morgan fingerprint density at radius 3 is 1.44 bits per heavy atom. The lowest BCUT2D eigenvalue weighted by atomic mass is 10.3. The number of carbonyl (C=O) groups is 4. The maximum atomic E-state index is 11.5. The zero-order chi connectivity index (χ0) is 20.3. The van der Waals surface area contributed by atoms with Crippen LogP contribution in [0.3, 0.4) is 0 Å². The molecule has 0 aliphatic heterocycles. The number of ether oxygens (including phenoxy) is 2. The summed E-state index contributed by atoms with van der Waals surface area (Å²) in [6, 6.07) is 0. The van der Waals surface area contributed by atoms with Crippen molar-refractivity contribution in [2.75, 3.05) is 26.3 Å². The molecule has 2 amide bonds. The van der Waals surface area contributed by atoms with E-state index in [-0.39, 0.29) is 0 Å². The number of nitrogens with one attached hydrogen (secondary N) is 2. The molecule has 152 valence electrons. The van der Waals surface area contributed by atoms with Gasteiger partial charge in [-0.05, 0) is 19.3 Å². The van der Waals surface area contributed by atoms with Gasteiger partial charge in [0, 0.05) is 37.4 Å². The summed E-state index contributed by atoms with van der Waals surface area (Å²) in [4.78, 5) is 45.6. The number of carbonyl (C=O) groups excluding carboxylic acids is 4. The third-order valence-corrected chi connectivity index (χ3v) is 3.18. The van der Waals surface area contributed by atoms with Gasteiger partial charge in [0.05, 0.1) is 13.2 Å². The van der Waals surface area contributed by atoms with Gasteiger partial charge in [0.2, 0.25) is 11.8 Å². The van der Waals surface area contributed by atoms with Gasteiger partial charge in [0.25, 0.3) is 0 Å². The van der Waals surface area contributed by atoms with E-state index in [1.54, 1.807) is 0 Å². The van der Waals surface area contributed by atoms with Crippen LogP contribution in [-0.2, 0) is 28.7 Å². The average Bonchev–Trinajstić information content (AvgIpc) is 2.65. The highest BCUT2D eigenvalue weighted by Crippen LogP contribution is 1.91. The van der Waals surface area contributed by atoms with Crippen LogP contribution >= 0.6 is 0 Å². The molecule has 0 aliphatic carbocycles. The number of hydrogen-bond acceptors (Lipinski definition) is 6. The van der Waals surface area contributed by atoms with Gasteiger partial charge >= 0.3 is 11.9 Å². The Bertz CT molecular complexity index is 482. The topological polar surface area (TPSA) is 111 Å². The number of amides is 2. The Labute approximate surface area is 160 Å². The molecule has 0 radical (unpaired) electrons. The highest BCUT2D eigenvalue weighted by molar-refractivity contribution is 5.95. The second kappa shape index (κ2) is 16.8. The SMILES string of the molecule is CCCCOC(=O)/C=C/C(=O)NCCCNC(=O)/C=C/C(=O)OCCCC. The van der Waals surface area contributed by atoms with E-state index in [2.05, 4.69) is 10.6 Å². The molecule has 0 aromatic carbocycles. The van der Waals surface area contributed by atoms with Gasteiger partial charge in [0.15, 0.2) is 0 Å². The molecule has 0 atom stereocenters. The Hall–Kier alpha value is -2.64. The Balaban J connectivity index is 3.77. The quantitative estimate of drug-likeness (QED) is 0.267. The van der Waals surface area contributed by atoms with E-state index < -0.39 is 23.8 Å². The largest absolute Gasteiger partial charge is 0.463 e. The molecule has 2 N–H and O–H groups in total. The minimum absolute atomic E-state index is 0.330. The van der Waals surface area contributed by atoms with E-state index in [1.165, 1.54) is 0 Å². The van der Waals surface area contributed by atoms with Crippen LogP contribution in [0.2, 0.25) is 0 Å². The van der Waals surface area contributed by atoms with Crippen LogP contribution < -0.4 is 10.6 Å². The van der Waals surface area contributed by atoms with Crippen molar-refractivity contribution in [3.05, 3.63) is 24.3 Å². The molecule has 27 heavy (non-hydrogen) atoms. The van der Waals surface area contributed by atoms with Gasteiger partial charge in [-0.25, -0.2) is 9.59 Å². The van der Waals surface area contributed by atoms with Crippen LogP contribution in [0.1, 0.15) is 46.0 Å². The number of rotatable bonds is 14. The highest BCUT2D eigenvalue weighted by atomic mass is 16.5. The van der Waals surface area contributed by atoms with Crippen LogP contribution in [0.25, 0.3) is 0 Å². The van der Waals surface area contributed by atoms with Crippen LogP contribution in [0.4, 0.5) is 0 Å². The molecule has 0 aromatic rings. The first-order chi connectivity index (χ1) is 13.0. The third kappa shape index (κ3) is 16.6. The zero-order valence-corrected chi connectivity index (χ0v) is 16.1. The Kier molecular flexibility index (Phi) is 15.2. The zero-order valence-electron chi connectivity index (χ0n) is 16.1. The smallest absolute Gasteiger partial charge is 0.330 e.